The van der Waals surface area contributed by atoms with Crippen LogP contribution in [-0.2, 0) is 0 Å². The minimum atomic E-state index is 0.565. The second-order valence-corrected chi connectivity index (χ2v) is 3.72. The molecule has 1 aromatic carbocycles. The summed E-state index contributed by atoms with van der Waals surface area (Å²) in [5.41, 5.74) is 9.08. The Morgan fingerprint density at radius 2 is 1.73 bits per heavy atom. The summed E-state index contributed by atoms with van der Waals surface area (Å²) in [7, 11) is 0. The normalized spacial score (nSPS) is 10.9. The Morgan fingerprint density at radius 1 is 1.07 bits per heavy atom. The molecule has 1 rings (SSSR count). The summed E-state index contributed by atoms with van der Waals surface area (Å²) in [5, 5.41) is 0. The average molecular weight is 205 g/mol. The zero-order valence-electron chi connectivity index (χ0n) is 9.71. The van der Waals surface area contributed by atoms with E-state index in [4.69, 9.17) is 10.5 Å². The van der Waals surface area contributed by atoms with Gasteiger partial charge in [0.2, 0.25) is 0 Å². The molecule has 0 atom stereocenters. The van der Waals surface area contributed by atoms with Crippen LogP contribution in [0.3, 0.4) is 0 Å². The zero-order valence-corrected chi connectivity index (χ0v) is 9.71. The third kappa shape index (κ3) is 3.40. The number of aryl methyl sites for hydroxylation is 3. The SMILES string of the molecule is Cc1cc(C)c(OC/C=C/CN)cc1C. The summed E-state index contributed by atoms with van der Waals surface area (Å²) in [5.74, 6) is 0.958. The molecule has 0 bridgehead atoms. The number of hydrogen-bond donors (Lipinski definition) is 1. The molecular formula is C13H19NO. The molecule has 82 valence electrons. The Hall–Kier alpha value is -1.28. The van der Waals surface area contributed by atoms with Gasteiger partial charge in [0.1, 0.15) is 12.4 Å². The lowest BCUT2D eigenvalue weighted by Crippen LogP contribution is -1.99. The summed E-state index contributed by atoms with van der Waals surface area (Å²) in [6.45, 7) is 7.42. The molecule has 0 fully saturated rings. The highest BCUT2D eigenvalue weighted by Crippen LogP contribution is 2.22. The molecule has 0 aromatic heterocycles. The Labute approximate surface area is 91.7 Å². The summed E-state index contributed by atoms with van der Waals surface area (Å²) in [6.07, 6.45) is 3.84. The Balaban J connectivity index is 2.69. The molecule has 2 heteroatoms. The van der Waals surface area contributed by atoms with Crippen molar-refractivity contribution in [3.63, 3.8) is 0 Å². The van der Waals surface area contributed by atoms with Crippen LogP contribution >= 0.6 is 0 Å². The first-order valence-electron chi connectivity index (χ1n) is 5.21. The van der Waals surface area contributed by atoms with Crippen molar-refractivity contribution < 1.29 is 4.74 Å². The van der Waals surface area contributed by atoms with Crippen LogP contribution in [0.4, 0.5) is 0 Å². The Bertz CT molecular complexity index is 356. The molecule has 0 amide bonds. The molecule has 0 aliphatic rings. The summed E-state index contributed by atoms with van der Waals surface area (Å²) in [6, 6.07) is 4.23. The molecule has 15 heavy (non-hydrogen) atoms. The van der Waals surface area contributed by atoms with E-state index >= 15 is 0 Å². The van der Waals surface area contributed by atoms with Gasteiger partial charge in [-0.3, -0.25) is 0 Å². The van der Waals surface area contributed by atoms with E-state index in [1.165, 1.54) is 16.7 Å². The van der Waals surface area contributed by atoms with E-state index in [-0.39, 0.29) is 0 Å². The van der Waals surface area contributed by atoms with Gasteiger partial charge in [-0.1, -0.05) is 18.2 Å². The fourth-order valence-corrected chi connectivity index (χ4v) is 1.39. The second kappa shape index (κ2) is 5.56. The Kier molecular flexibility index (Phi) is 4.37. The molecule has 2 nitrogen and oxygen atoms in total. The maximum absolute atomic E-state index is 5.63. The van der Waals surface area contributed by atoms with Gasteiger partial charge in [0.05, 0.1) is 0 Å². The highest BCUT2D eigenvalue weighted by atomic mass is 16.5. The van der Waals surface area contributed by atoms with E-state index in [0.29, 0.717) is 13.2 Å². The number of rotatable bonds is 4. The largest absolute Gasteiger partial charge is 0.489 e. The minimum Gasteiger partial charge on any atom is -0.489 e. The van der Waals surface area contributed by atoms with E-state index in [1.54, 1.807) is 0 Å². The lowest BCUT2D eigenvalue weighted by Gasteiger charge is -2.10. The van der Waals surface area contributed by atoms with Crippen LogP contribution in [-0.4, -0.2) is 13.2 Å². The molecule has 0 aliphatic heterocycles. The number of ether oxygens (including phenoxy) is 1. The highest BCUT2D eigenvalue weighted by Gasteiger charge is 2.01. The van der Waals surface area contributed by atoms with Gasteiger partial charge in [0.15, 0.2) is 0 Å². The van der Waals surface area contributed by atoms with Gasteiger partial charge in [-0.2, -0.15) is 0 Å². The van der Waals surface area contributed by atoms with E-state index in [1.807, 2.05) is 12.2 Å². The van der Waals surface area contributed by atoms with E-state index < -0.39 is 0 Å². The number of benzene rings is 1. The van der Waals surface area contributed by atoms with Gasteiger partial charge in [-0.15, -0.1) is 0 Å². The van der Waals surface area contributed by atoms with E-state index in [2.05, 4.69) is 32.9 Å². The van der Waals surface area contributed by atoms with Crippen LogP contribution in [0.2, 0.25) is 0 Å². The fraction of sp³-hybridized carbons (Fsp3) is 0.385. The minimum absolute atomic E-state index is 0.565. The first-order valence-corrected chi connectivity index (χ1v) is 5.21. The molecule has 0 unspecified atom stereocenters. The van der Waals surface area contributed by atoms with Gasteiger partial charge < -0.3 is 10.5 Å². The molecule has 0 radical (unpaired) electrons. The summed E-state index contributed by atoms with van der Waals surface area (Å²) < 4.78 is 5.63. The van der Waals surface area contributed by atoms with Crippen molar-refractivity contribution in [2.75, 3.05) is 13.2 Å². The fourth-order valence-electron chi connectivity index (χ4n) is 1.39. The average Bonchev–Trinajstić information content (AvgIpc) is 2.20. The van der Waals surface area contributed by atoms with Crippen LogP contribution in [0.25, 0.3) is 0 Å². The van der Waals surface area contributed by atoms with Crippen molar-refractivity contribution >= 4 is 0 Å². The van der Waals surface area contributed by atoms with Crippen molar-refractivity contribution in [2.24, 2.45) is 5.73 Å². The maximum atomic E-state index is 5.63. The monoisotopic (exact) mass is 205 g/mol. The van der Waals surface area contributed by atoms with Gasteiger partial charge >= 0.3 is 0 Å². The number of hydrogen-bond acceptors (Lipinski definition) is 2. The Morgan fingerprint density at radius 3 is 2.40 bits per heavy atom. The van der Waals surface area contributed by atoms with Crippen molar-refractivity contribution in [2.45, 2.75) is 20.8 Å². The van der Waals surface area contributed by atoms with E-state index in [0.717, 1.165) is 5.75 Å². The molecule has 1 aromatic rings. The van der Waals surface area contributed by atoms with Gasteiger partial charge in [0, 0.05) is 6.54 Å². The van der Waals surface area contributed by atoms with Gasteiger partial charge in [0.25, 0.3) is 0 Å². The zero-order chi connectivity index (χ0) is 11.3. The summed E-state index contributed by atoms with van der Waals surface area (Å²) in [4.78, 5) is 0. The highest BCUT2D eigenvalue weighted by molar-refractivity contribution is 5.40. The number of nitrogens with two attached hydrogens (primary N) is 1. The van der Waals surface area contributed by atoms with Gasteiger partial charge in [-0.25, -0.2) is 0 Å². The van der Waals surface area contributed by atoms with E-state index in [9.17, 15) is 0 Å². The second-order valence-electron chi connectivity index (χ2n) is 3.72. The van der Waals surface area contributed by atoms with Crippen LogP contribution in [0.1, 0.15) is 16.7 Å². The quantitative estimate of drug-likeness (QED) is 0.766. The van der Waals surface area contributed by atoms with Crippen LogP contribution < -0.4 is 10.5 Å². The standard InChI is InChI=1S/C13H19NO/c1-10-8-12(3)13(9-11(10)2)15-7-5-4-6-14/h4-5,8-9H,6-7,14H2,1-3H3/b5-4+. The van der Waals surface area contributed by atoms with Crippen LogP contribution in [0.15, 0.2) is 24.3 Å². The molecule has 0 aliphatic carbocycles. The molecule has 0 saturated carbocycles. The van der Waals surface area contributed by atoms with Crippen molar-refractivity contribution in [3.05, 3.63) is 41.0 Å². The molecule has 2 N–H and O–H groups in total. The first kappa shape index (κ1) is 11.8. The van der Waals surface area contributed by atoms with Crippen molar-refractivity contribution in [3.8, 4) is 5.75 Å². The molecule has 0 spiro atoms. The summed E-state index contributed by atoms with van der Waals surface area (Å²) >= 11 is 0. The van der Waals surface area contributed by atoms with Crippen LogP contribution in [0, 0.1) is 20.8 Å². The lowest BCUT2D eigenvalue weighted by atomic mass is 10.1. The topological polar surface area (TPSA) is 35.2 Å². The smallest absolute Gasteiger partial charge is 0.122 e. The predicted molar refractivity (Wildman–Crippen MR) is 64.3 cm³/mol. The lowest BCUT2D eigenvalue weighted by molar-refractivity contribution is 0.359. The van der Waals surface area contributed by atoms with Crippen molar-refractivity contribution in [1.29, 1.82) is 0 Å². The molecule has 0 heterocycles. The van der Waals surface area contributed by atoms with Crippen molar-refractivity contribution in [1.82, 2.24) is 0 Å². The van der Waals surface area contributed by atoms with Crippen LogP contribution in [0.5, 0.6) is 5.75 Å². The predicted octanol–water partition coefficient (Wildman–Crippen LogP) is 2.51. The molecule has 0 saturated heterocycles. The maximum Gasteiger partial charge on any atom is 0.122 e. The third-order valence-corrected chi connectivity index (χ3v) is 2.43. The molecular weight excluding hydrogens is 186 g/mol. The van der Waals surface area contributed by atoms with Gasteiger partial charge in [-0.05, 0) is 43.5 Å². The first-order chi connectivity index (χ1) is 7.15. The third-order valence-electron chi connectivity index (χ3n) is 2.43.